The largest absolute Gasteiger partial charge is 0.489 e. The van der Waals surface area contributed by atoms with Crippen LogP contribution in [0.15, 0.2) is 78.9 Å². The van der Waals surface area contributed by atoms with Gasteiger partial charge < -0.3 is 20.3 Å². The van der Waals surface area contributed by atoms with Crippen molar-refractivity contribution in [3.63, 3.8) is 0 Å². The fourth-order valence-corrected chi connectivity index (χ4v) is 3.51. The van der Waals surface area contributed by atoms with Crippen LogP contribution in [-0.2, 0) is 34.0 Å². The van der Waals surface area contributed by atoms with E-state index in [-0.39, 0.29) is 13.0 Å². The zero-order valence-electron chi connectivity index (χ0n) is 16.7. The second-order valence-electron chi connectivity index (χ2n) is 7.04. The van der Waals surface area contributed by atoms with Crippen LogP contribution in [0.3, 0.4) is 0 Å². The lowest BCUT2D eigenvalue weighted by molar-refractivity contribution is -0.161. The van der Waals surface area contributed by atoms with Crippen molar-refractivity contribution >= 4 is 34.5 Å². The third-order valence-electron chi connectivity index (χ3n) is 4.69. The van der Waals surface area contributed by atoms with E-state index < -0.39 is 17.5 Å². The van der Waals surface area contributed by atoms with Crippen LogP contribution in [0.5, 0.6) is 5.75 Å². The number of benzene rings is 3. The van der Waals surface area contributed by atoms with Gasteiger partial charge in [-0.15, -0.1) is 0 Å². The van der Waals surface area contributed by atoms with Gasteiger partial charge in [-0.1, -0.05) is 60.7 Å². The molecule has 3 aromatic carbocycles. The first-order valence-corrected chi connectivity index (χ1v) is 10.6. The molecule has 160 valence electrons. The normalized spacial score (nSPS) is 12.6. The Morgan fingerprint density at radius 3 is 2.06 bits per heavy atom. The number of nitrogens with two attached hydrogens (primary N) is 1. The highest BCUT2D eigenvalue weighted by Gasteiger charge is 2.45. The van der Waals surface area contributed by atoms with Crippen molar-refractivity contribution in [2.75, 3.05) is 0 Å². The minimum absolute atomic E-state index is 0.0599. The van der Waals surface area contributed by atoms with Crippen molar-refractivity contribution < 1.29 is 24.2 Å². The third kappa shape index (κ3) is 6.05. The molecule has 7 heteroatoms. The highest BCUT2D eigenvalue weighted by Crippen LogP contribution is 2.27. The van der Waals surface area contributed by atoms with Gasteiger partial charge in [-0.3, -0.25) is 0 Å². The molecule has 31 heavy (non-hydrogen) atoms. The lowest BCUT2D eigenvalue weighted by atomic mass is 9.91. The van der Waals surface area contributed by atoms with Crippen LogP contribution in [0.25, 0.3) is 0 Å². The summed E-state index contributed by atoms with van der Waals surface area (Å²) in [6, 6.07) is 23.9. The molecule has 0 fully saturated rings. The number of hydrogen-bond donors (Lipinski definition) is 2. The van der Waals surface area contributed by atoms with Gasteiger partial charge in [0.15, 0.2) is 0 Å². The summed E-state index contributed by atoms with van der Waals surface area (Å²) in [5.74, 6) is -1.99. The molecule has 0 heterocycles. The third-order valence-corrected chi connectivity index (χ3v) is 5.36. The summed E-state index contributed by atoms with van der Waals surface area (Å²) in [4.78, 5) is 24.7. The van der Waals surface area contributed by atoms with Crippen LogP contribution in [0.4, 0.5) is 0 Å². The summed E-state index contributed by atoms with van der Waals surface area (Å²) in [7, 11) is 0. The summed E-state index contributed by atoms with van der Waals surface area (Å²) in [6.45, 7) is 0.243. The maximum Gasteiger partial charge on any atom is 0.338 e. The number of carboxylic acid groups (broad SMARTS) is 1. The molecule has 0 spiro atoms. The lowest BCUT2D eigenvalue weighted by Crippen LogP contribution is -2.57. The zero-order chi connectivity index (χ0) is 22.3. The summed E-state index contributed by atoms with van der Waals surface area (Å²) in [5, 5.41) is 9.76. The predicted molar refractivity (Wildman–Crippen MR) is 124 cm³/mol. The van der Waals surface area contributed by atoms with Gasteiger partial charge in [0.25, 0.3) is 0 Å². The molecular weight excluding hydrogens is 509 g/mol. The Hall–Kier alpha value is -2.91. The topological polar surface area (TPSA) is 98.9 Å². The molecule has 3 N–H and O–H groups in total. The molecule has 0 aromatic heterocycles. The van der Waals surface area contributed by atoms with Gasteiger partial charge in [-0.25, -0.2) is 9.59 Å². The average molecular weight is 531 g/mol. The maximum absolute atomic E-state index is 12.7. The van der Waals surface area contributed by atoms with Crippen molar-refractivity contribution in [1.82, 2.24) is 0 Å². The average Bonchev–Trinajstić information content (AvgIpc) is 2.78. The number of rotatable bonds is 9. The van der Waals surface area contributed by atoms with E-state index in [0.717, 1.165) is 14.7 Å². The summed E-state index contributed by atoms with van der Waals surface area (Å²) >= 11 is 2.11. The molecule has 0 amide bonds. The number of carbonyl (C=O) groups is 2. The molecule has 0 radical (unpaired) electrons. The van der Waals surface area contributed by atoms with Crippen LogP contribution < -0.4 is 10.5 Å². The number of ether oxygens (including phenoxy) is 2. The van der Waals surface area contributed by atoms with Gasteiger partial charge in [0.05, 0.1) is 0 Å². The first-order chi connectivity index (χ1) is 14.9. The van der Waals surface area contributed by atoms with Crippen LogP contribution in [-0.4, -0.2) is 22.6 Å². The lowest BCUT2D eigenvalue weighted by Gasteiger charge is -2.24. The molecule has 6 nitrogen and oxygen atoms in total. The van der Waals surface area contributed by atoms with E-state index in [0.29, 0.717) is 17.9 Å². The molecule has 0 saturated carbocycles. The Balaban J connectivity index is 1.78. The van der Waals surface area contributed by atoms with Crippen molar-refractivity contribution in [1.29, 1.82) is 0 Å². The molecule has 0 aliphatic carbocycles. The summed E-state index contributed by atoms with van der Waals surface area (Å²) in [6.07, 6.45) is -0.267. The summed E-state index contributed by atoms with van der Waals surface area (Å²) < 4.78 is 12.0. The van der Waals surface area contributed by atoms with Gasteiger partial charge in [-0.05, 0) is 57.5 Å². The second-order valence-corrected chi connectivity index (χ2v) is 8.29. The van der Waals surface area contributed by atoms with E-state index in [1.807, 2.05) is 42.5 Å². The Morgan fingerprint density at radius 1 is 0.903 bits per heavy atom. The Bertz CT molecular complexity index is 1040. The van der Waals surface area contributed by atoms with Crippen LogP contribution in [0.1, 0.15) is 16.7 Å². The van der Waals surface area contributed by atoms with Crippen molar-refractivity contribution in [3.8, 4) is 5.75 Å². The van der Waals surface area contributed by atoms with E-state index in [2.05, 4.69) is 22.6 Å². The fraction of sp³-hybridized carbons (Fsp3) is 0.167. The number of halogens is 1. The van der Waals surface area contributed by atoms with Crippen LogP contribution >= 0.6 is 22.6 Å². The van der Waals surface area contributed by atoms with Gasteiger partial charge in [0.2, 0.25) is 5.54 Å². The first kappa shape index (κ1) is 22.8. The Morgan fingerprint density at radius 2 is 1.48 bits per heavy atom. The fourth-order valence-electron chi connectivity index (χ4n) is 2.95. The zero-order valence-corrected chi connectivity index (χ0v) is 18.8. The van der Waals surface area contributed by atoms with Crippen molar-refractivity contribution in [2.24, 2.45) is 5.73 Å². The standard InChI is InChI=1S/C24H22INO5/c25-20-11-12-21(30-15-17-7-3-1-4-8-17)19(13-20)14-24(26,22(27)28)23(29)31-16-18-9-5-2-6-10-18/h1-13H,14-16,26H2,(H,27,28). The number of esters is 1. The Labute approximate surface area is 194 Å². The van der Waals surface area contributed by atoms with Gasteiger partial charge in [0, 0.05) is 9.99 Å². The number of carbonyl (C=O) groups excluding carboxylic acids is 1. The second kappa shape index (κ2) is 10.4. The van der Waals surface area contributed by atoms with E-state index >= 15 is 0 Å². The van der Waals surface area contributed by atoms with Gasteiger partial charge in [-0.2, -0.15) is 0 Å². The van der Waals surface area contributed by atoms with E-state index in [1.165, 1.54) is 0 Å². The smallest absolute Gasteiger partial charge is 0.338 e. The van der Waals surface area contributed by atoms with Gasteiger partial charge >= 0.3 is 11.9 Å². The van der Waals surface area contributed by atoms with Crippen LogP contribution in [0.2, 0.25) is 0 Å². The van der Waals surface area contributed by atoms with Crippen molar-refractivity contribution in [3.05, 3.63) is 99.1 Å². The quantitative estimate of drug-likeness (QED) is 0.247. The SMILES string of the molecule is NC(Cc1cc(I)ccc1OCc1ccccc1)(C(=O)O)C(=O)OCc1ccccc1. The molecule has 3 aromatic rings. The minimum atomic E-state index is -2.25. The maximum atomic E-state index is 12.7. The van der Waals surface area contributed by atoms with E-state index in [9.17, 15) is 14.7 Å². The molecule has 1 unspecified atom stereocenters. The molecule has 0 aliphatic heterocycles. The van der Waals surface area contributed by atoms with E-state index in [4.69, 9.17) is 15.2 Å². The highest BCUT2D eigenvalue weighted by molar-refractivity contribution is 14.1. The van der Waals surface area contributed by atoms with Crippen LogP contribution in [0, 0.1) is 3.57 Å². The number of hydrogen-bond acceptors (Lipinski definition) is 5. The van der Waals surface area contributed by atoms with Gasteiger partial charge in [0.1, 0.15) is 19.0 Å². The minimum Gasteiger partial charge on any atom is -0.489 e. The number of aliphatic carboxylic acids is 1. The molecule has 3 rings (SSSR count). The highest BCUT2D eigenvalue weighted by atomic mass is 127. The predicted octanol–water partition coefficient (Wildman–Crippen LogP) is 3.94. The molecule has 0 aliphatic rings. The number of carboxylic acids is 1. The molecular formula is C24H22INO5. The molecule has 1 atom stereocenters. The Kier molecular flexibility index (Phi) is 7.64. The van der Waals surface area contributed by atoms with Crippen molar-refractivity contribution in [2.45, 2.75) is 25.2 Å². The molecule has 0 saturated heterocycles. The monoisotopic (exact) mass is 531 g/mol. The molecule has 0 bridgehead atoms. The summed E-state index contributed by atoms with van der Waals surface area (Å²) in [5.41, 5.74) is 6.05. The van der Waals surface area contributed by atoms with E-state index in [1.54, 1.807) is 36.4 Å². The first-order valence-electron chi connectivity index (χ1n) is 9.57.